The van der Waals surface area contributed by atoms with Crippen LogP contribution in [0.5, 0.6) is 5.75 Å². The Morgan fingerprint density at radius 1 is 1.00 bits per heavy atom. The fourth-order valence-corrected chi connectivity index (χ4v) is 5.06. The zero-order chi connectivity index (χ0) is 31.3. The molecule has 0 aliphatic heterocycles. The first kappa shape index (κ1) is 31.2. The molecule has 0 heterocycles. The van der Waals surface area contributed by atoms with Gasteiger partial charge in [0.15, 0.2) is 0 Å². The third-order valence-corrected chi connectivity index (χ3v) is 7.23. The highest BCUT2D eigenvalue weighted by atomic mass is 16.6. The molecule has 0 bridgehead atoms. The van der Waals surface area contributed by atoms with Gasteiger partial charge in [-0.2, -0.15) is 0 Å². The maximum atomic E-state index is 14.6. The molecule has 0 aromatic heterocycles. The summed E-state index contributed by atoms with van der Waals surface area (Å²) in [7, 11) is 0. The molecular weight excluding hydrogens is 542 g/mol. The Balaban J connectivity index is 1.78. The summed E-state index contributed by atoms with van der Waals surface area (Å²) in [6.45, 7) is 9.05. The standard InChI is InChI=1S/C35H39N3O5/c1-7-25-13-8-9-14-28(25)31(32(40)37-30-22(2)11-10-12-23(30)3)38(26-17-18-26)33(41)29(36-34(42)43-35(4,5)6)21-24-15-19-27(39)20-16-24/h1,8-16,19-20,26,29,31,39H,17-18,21H2,2-6H3,(H,36,42)(H,37,40). The molecule has 1 saturated carbocycles. The first-order valence-electron chi connectivity index (χ1n) is 14.4. The number of nitrogens with zero attached hydrogens (tertiary/aromatic N) is 1. The lowest BCUT2D eigenvalue weighted by atomic mass is 9.96. The van der Waals surface area contributed by atoms with Gasteiger partial charge in [-0.25, -0.2) is 4.79 Å². The van der Waals surface area contributed by atoms with Gasteiger partial charge in [0.25, 0.3) is 5.91 Å². The second-order valence-electron chi connectivity index (χ2n) is 11.9. The number of rotatable bonds is 9. The van der Waals surface area contributed by atoms with Gasteiger partial charge in [-0.15, -0.1) is 6.42 Å². The summed E-state index contributed by atoms with van der Waals surface area (Å²) in [6.07, 6.45) is 6.65. The number of phenols is 1. The zero-order valence-electron chi connectivity index (χ0n) is 25.3. The van der Waals surface area contributed by atoms with E-state index in [-0.39, 0.29) is 18.2 Å². The first-order valence-corrected chi connectivity index (χ1v) is 14.4. The van der Waals surface area contributed by atoms with Crippen LogP contribution in [-0.2, 0) is 20.7 Å². The van der Waals surface area contributed by atoms with Crippen molar-refractivity contribution in [3.05, 3.63) is 94.5 Å². The van der Waals surface area contributed by atoms with Crippen molar-refractivity contribution < 1.29 is 24.2 Å². The van der Waals surface area contributed by atoms with Crippen LogP contribution in [0.15, 0.2) is 66.7 Å². The van der Waals surface area contributed by atoms with Crippen LogP contribution in [0, 0.1) is 26.2 Å². The molecule has 0 saturated heterocycles. The summed E-state index contributed by atoms with van der Waals surface area (Å²) in [5, 5.41) is 15.6. The van der Waals surface area contributed by atoms with Crippen molar-refractivity contribution in [3.8, 4) is 18.1 Å². The zero-order valence-corrected chi connectivity index (χ0v) is 25.3. The number of alkyl carbamates (subject to hydrolysis) is 1. The van der Waals surface area contributed by atoms with Crippen LogP contribution >= 0.6 is 0 Å². The second kappa shape index (κ2) is 13.0. The van der Waals surface area contributed by atoms with E-state index in [2.05, 4.69) is 16.6 Å². The minimum atomic E-state index is -1.06. The highest BCUT2D eigenvalue weighted by Crippen LogP contribution is 2.38. The van der Waals surface area contributed by atoms with Crippen molar-refractivity contribution >= 4 is 23.6 Å². The normalized spacial score (nSPS) is 14.1. The highest BCUT2D eigenvalue weighted by Gasteiger charge is 2.44. The van der Waals surface area contributed by atoms with Crippen LogP contribution in [0.3, 0.4) is 0 Å². The summed E-state index contributed by atoms with van der Waals surface area (Å²) < 4.78 is 5.50. The lowest BCUT2D eigenvalue weighted by Crippen LogP contribution is -2.54. The Bertz CT molecular complexity index is 1510. The van der Waals surface area contributed by atoms with E-state index >= 15 is 0 Å². The summed E-state index contributed by atoms with van der Waals surface area (Å²) in [5.74, 6) is 1.92. The van der Waals surface area contributed by atoms with Gasteiger partial charge in [0.1, 0.15) is 23.4 Å². The lowest BCUT2D eigenvalue weighted by Gasteiger charge is -2.35. The van der Waals surface area contributed by atoms with Crippen LogP contribution in [0.2, 0.25) is 0 Å². The molecule has 2 unspecified atom stereocenters. The average molecular weight is 582 g/mol. The number of terminal acetylenes is 1. The first-order chi connectivity index (χ1) is 20.4. The van der Waals surface area contributed by atoms with Crippen LogP contribution in [0.4, 0.5) is 10.5 Å². The quantitative estimate of drug-likeness (QED) is 0.277. The van der Waals surface area contributed by atoms with Gasteiger partial charge in [0.2, 0.25) is 5.91 Å². The van der Waals surface area contributed by atoms with E-state index in [0.29, 0.717) is 35.2 Å². The van der Waals surface area contributed by atoms with Gasteiger partial charge in [0, 0.05) is 23.7 Å². The number of nitrogens with one attached hydrogen (secondary N) is 2. The number of anilines is 1. The Kier molecular flexibility index (Phi) is 9.45. The molecule has 8 nitrogen and oxygen atoms in total. The predicted octanol–water partition coefficient (Wildman–Crippen LogP) is 5.80. The van der Waals surface area contributed by atoms with Gasteiger partial charge in [-0.3, -0.25) is 9.59 Å². The minimum absolute atomic E-state index is 0.0838. The summed E-state index contributed by atoms with van der Waals surface area (Å²) in [5.41, 5.74) is 3.39. The number of phenolic OH excluding ortho intramolecular Hbond substituents is 1. The molecule has 3 aromatic carbocycles. The van der Waals surface area contributed by atoms with Crippen molar-refractivity contribution in [1.29, 1.82) is 0 Å². The number of aromatic hydroxyl groups is 1. The van der Waals surface area contributed by atoms with Crippen molar-refractivity contribution in [2.45, 2.75) is 77.6 Å². The predicted molar refractivity (Wildman–Crippen MR) is 167 cm³/mol. The summed E-state index contributed by atoms with van der Waals surface area (Å²) in [6, 6.07) is 16.9. The van der Waals surface area contributed by atoms with Gasteiger partial charge in [-0.05, 0) is 87.9 Å². The number of hydrogen-bond acceptors (Lipinski definition) is 5. The number of amides is 3. The molecule has 1 aliphatic carbocycles. The second-order valence-corrected chi connectivity index (χ2v) is 11.9. The van der Waals surface area contributed by atoms with E-state index in [4.69, 9.17) is 11.2 Å². The van der Waals surface area contributed by atoms with Gasteiger partial charge in [0.05, 0.1) is 0 Å². The summed E-state index contributed by atoms with van der Waals surface area (Å²) >= 11 is 0. The number of carbonyl (C=O) groups excluding carboxylic acids is 3. The molecule has 4 rings (SSSR count). The lowest BCUT2D eigenvalue weighted by molar-refractivity contribution is -0.141. The molecule has 0 spiro atoms. The highest BCUT2D eigenvalue weighted by molar-refractivity contribution is 6.00. The van der Waals surface area contributed by atoms with Crippen molar-refractivity contribution in [1.82, 2.24) is 10.2 Å². The van der Waals surface area contributed by atoms with Crippen LogP contribution in [-0.4, -0.2) is 45.6 Å². The molecule has 224 valence electrons. The molecule has 1 aliphatic rings. The smallest absolute Gasteiger partial charge is 0.408 e. The van der Waals surface area contributed by atoms with E-state index in [1.165, 1.54) is 12.1 Å². The Hall–Kier alpha value is -4.77. The molecule has 8 heteroatoms. The SMILES string of the molecule is C#Cc1ccccc1C(C(=O)Nc1c(C)cccc1C)N(C(=O)C(Cc1ccc(O)cc1)NC(=O)OC(C)(C)C)C1CC1. The molecule has 3 aromatic rings. The van der Waals surface area contributed by atoms with E-state index in [0.717, 1.165) is 11.1 Å². The molecule has 2 atom stereocenters. The number of aryl methyl sites for hydroxylation is 2. The molecule has 1 fully saturated rings. The Morgan fingerprint density at radius 3 is 2.21 bits per heavy atom. The fraction of sp³-hybridized carbons (Fsp3) is 0.343. The fourth-order valence-electron chi connectivity index (χ4n) is 5.06. The summed E-state index contributed by atoms with van der Waals surface area (Å²) in [4.78, 5) is 43.4. The van der Waals surface area contributed by atoms with Crippen molar-refractivity contribution in [2.75, 3.05) is 5.32 Å². The number of para-hydroxylation sites is 1. The maximum Gasteiger partial charge on any atom is 0.408 e. The number of ether oxygens (including phenoxy) is 1. The number of carbonyl (C=O) groups is 3. The van der Waals surface area contributed by atoms with Gasteiger partial charge >= 0.3 is 6.09 Å². The van der Waals surface area contributed by atoms with Crippen LogP contribution in [0.25, 0.3) is 0 Å². The molecule has 3 N–H and O–H groups in total. The van der Waals surface area contributed by atoms with E-state index in [1.54, 1.807) is 62.1 Å². The molecule has 3 amide bonds. The van der Waals surface area contributed by atoms with Crippen molar-refractivity contribution in [3.63, 3.8) is 0 Å². The number of benzene rings is 3. The third kappa shape index (κ3) is 7.95. The minimum Gasteiger partial charge on any atom is -0.508 e. The molecular formula is C35H39N3O5. The van der Waals surface area contributed by atoms with Crippen LogP contribution < -0.4 is 10.6 Å². The van der Waals surface area contributed by atoms with E-state index in [9.17, 15) is 19.5 Å². The van der Waals surface area contributed by atoms with Crippen molar-refractivity contribution in [2.24, 2.45) is 0 Å². The molecule has 0 radical (unpaired) electrons. The average Bonchev–Trinajstić information content (AvgIpc) is 3.78. The van der Waals surface area contributed by atoms with Gasteiger partial charge < -0.3 is 25.4 Å². The Labute approximate surface area is 253 Å². The topological polar surface area (TPSA) is 108 Å². The van der Waals surface area contributed by atoms with Gasteiger partial charge in [-0.1, -0.05) is 54.5 Å². The number of hydrogen-bond donors (Lipinski definition) is 3. The van der Waals surface area contributed by atoms with Crippen LogP contribution in [0.1, 0.15) is 67.5 Å². The molecule has 43 heavy (non-hydrogen) atoms. The monoisotopic (exact) mass is 581 g/mol. The Morgan fingerprint density at radius 2 is 1.63 bits per heavy atom. The van der Waals surface area contributed by atoms with E-state index in [1.807, 2.05) is 32.0 Å². The largest absolute Gasteiger partial charge is 0.508 e. The maximum absolute atomic E-state index is 14.6. The third-order valence-electron chi connectivity index (χ3n) is 7.23. The van der Waals surface area contributed by atoms with E-state index < -0.39 is 35.6 Å².